The van der Waals surface area contributed by atoms with Gasteiger partial charge >= 0.3 is 0 Å². The van der Waals surface area contributed by atoms with Crippen molar-refractivity contribution in [3.63, 3.8) is 0 Å². The van der Waals surface area contributed by atoms with Gasteiger partial charge in [-0.3, -0.25) is 4.40 Å². The van der Waals surface area contributed by atoms with Crippen LogP contribution in [0.25, 0.3) is 4.96 Å². The fourth-order valence-corrected chi connectivity index (χ4v) is 5.24. The molecule has 4 rings (SSSR count). The first-order valence-corrected chi connectivity index (χ1v) is 11.4. The summed E-state index contributed by atoms with van der Waals surface area (Å²) in [7, 11) is 2.25. The zero-order chi connectivity index (χ0) is 19.5. The predicted octanol–water partition coefficient (Wildman–Crippen LogP) is 4.74. The molecule has 0 aliphatic carbocycles. The molecule has 4 nitrogen and oxygen atoms in total. The number of aryl methyl sites for hydroxylation is 1. The van der Waals surface area contributed by atoms with Gasteiger partial charge in [-0.05, 0) is 63.4 Å². The average Bonchev–Trinajstić information content (AvgIpc) is 3.24. The van der Waals surface area contributed by atoms with E-state index in [9.17, 15) is 0 Å². The Kier molecular flexibility index (Phi) is 6.36. The van der Waals surface area contributed by atoms with Gasteiger partial charge in [0, 0.05) is 42.8 Å². The van der Waals surface area contributed by atoms with Gasteiger partial charge in [0.25, 0.3) is 0 Å². The molecule has 1 aliphatic heterocycles. The first kappa shape index (κ1) is 19.9. The number of hydrogen-bond donors (Lipinski definition) is 0. The Labute approximate surface area is 176 Å². The number of piperidine rings is 1. The predicted molar refractivity (Wildman–Crippen MR) is 118 cm³/mol. The number of fused-ring (bicyclic) bond motifs is 1. The van der Waals surface area contributed by atoms with Crippen molar-refractivity contribution in [1.29, 1.82) is 0 Å². The molecule has 3 aromatic rings. The van der Waals surface area contributed by atoms with E-state index in [4.69, 9.17) is 11.6 Å². The number of halogens is 1. The van der Waals surface area contributed by atoms with Gasteiger partial charge in [0.05, 0.1) is 11.4 Å². The molecule has 0 N–H and O–H groups in total. The number of rotatable bonds is 7. The molecule has 0 saturated carbocycles. The van der Waals surface area contributed by atoms with Gasteiger partial charge in [0.1, 0.15) is 0 Å². The molecule has 1 atom stereocenters. The number of hydrogen-bond acceptors (Lipinski definition) is 4. The molecule has 0 bridgehead atoms. The maximum atomic E-state index is 5.99. The quantitative estimate of drug-likeness (QED) is 0.555. The Morgan fingerprint density at radius 2 is 2.11 bits per heavy atom. The number of imidazole rings is 1. The summed E-state index contributed by atoms with van der Waals surface area (Å²) in [6.07, 6.45) is 5.88. The van der Waals surface area contributed by atoms with E-state index in [2.05, 4.69) is 56.9 Å². The van der Waals surface area contributed by atoms with E-state index in [1.807, 2.05) is 12.1 Å². The molecule has 1 aromatic carbocycles. The summed E-state index contributed by atoms with van der Waals surface area (Å²) in [6, 6.07) is 8.29. The minimum absolute atomic E-state index is 0.746. The highest BCUT2D eigenvalue weighted by atomic mass is 35.5. The lowest BCUT2D eigenvalue weighted by molar-refractivity contribution is 0.141. The van der Waals surface area contributed by atoms with Gasteiger partial charge in [-0.25, -0.2) is 4.98 Å². The molecule has 1 unspecified atom stereocenters. The lowest BCUT2D eigenvalue weighted by Gasteiger charge is -2.34. The normalized spacial score (nSPS) is 18.4. The molecule has 28 heavy (non-hydrogen) atoms. The van der Waals surface area contributed by atoms with Crippen LogP contribution in [0.5, 0.6) is 0 Å². The van der Waals surface area contributed by atoms with Crippen LogP contribution in [0.2, 0.25) is 5.02 Å². The zero-order valence-corrected chi connectivity index (χ0v) is 18.3. The molecular formula is C22H29ClN4S. The second-order valence-electron chi connectivity index (χ2n) is 8.08. The summed E-state index contributed by atoms with van der Waals surface area (Å²) in [5.74, 6) is 0.746. The monoisotopic (exact) mass is 416 g/mol. The molecule has 0 radical (unpaired) electrons. The van der Waals surface area contributed by atoms with Gasteiger partial charge in [0.15, 0.2) is 4.96 Å². The lowest BCUT2D eigenvalue weighted by atomic mass is 9.97. The Balaban J connectivity index is 1.29. The minimum atomic E-state index is 0.746. The third-order valence-electron chi connectivity index (χ3n) is 5.78. The second kappa shape index (κ2) is 8.95. The minimum Gasteiger partial charge on any atom is -0.303 e. The van der Waals surface area contributed by atoms with E-state index in [1.54, 1.807) is 11.3 Å². The average molecular weight is 417 g/mol. The van der Waals surface area contributed by atoms with Crippen molar-refractivity contribution in [3.05, 3.63) is 57.8 Å². The highest BCUT2D eigenvalue weighted by molar-refractivity contribution is 7.15. The summed E-state index contributed by atoms with van der Waals surface area (Å²) in [4.78, 5) is 10.9. The maximum Gasteiger partial charge on any atom is 0.194 e. The first-order chi connectivity index (χ1) is 13.6. The van der Waals surface area contributed by atoms with Gasteiger partial charge in [-0.15, -0.1) is 11.3 Å². The summed E-state index contributed by atoms with van der Waals surface area (Å²) in [6.45, 7) is 7.81. The fourth-order valence-electron chi connectivity index (χ4n) is 4.33. The van der Waals surface area contributed by atoms with Crippen molar-refractivity contribution in [2.45, 2.75) is 32.7 Å². The van der Waals surface area contributed by atoms with Crippen LogP contribution in [0, 0.1) is 12.8 Å². The van der Waals surface area contributed by atoms with E-state index < -0.39 is 0 Å². The molecule has 1 saturated heterocycles. The maximum absolute atomic E-state index is 5.99. The van der Waals surface area contributed by atoms with Crippen LogP contribution in [0.4, 0.5) is 0 Å². The standard InChI is InChI=1S/C22H29ClN4S/c1-17-21(27-12-13-28-22(27)24-17)16-25(2)14-19-4-3-10-26(15-19)11-9-18-5-7-20(23)8-6-18/h5-8,12-13,19H,3-4,9-11,14-16H2,1-2H3. The van der Waals surface area contributed by atoms with E-state index in [-0.39, 0.29) is 0 Å². The van der Waals surface area contributed by atoms with Crippen LogP contribution >= 0.6 is 22.9 Å². The Hall–Kier alpha value is -1.40. The van der Waals surface area contributed by atoms with Crippen LogP contribution in [0.1, 0.15) is 29.8 Å². The fraction of sp³-hybridized carbons (Fsp3) is 0.500. The topological polar surface area (TPSA) is 23.8 Å². The largest absolute Gasteiger partial charge is 0.303 e. The third-order valence-corrected chi connectivity index (χ3v) is 6.79. The van der Waals surface area contributed by atoms with E-state index in [0.29, 0.717) is 0 Å². The van der Waals surface area contributed by atoms with Crippen molar-refractivity contribution in [3.8, 4) is 0 Å². The molecule has 0 spiro atoms. The summed E-state index contributed by atoms with van der Waals surface area (Å²) >= 11 is 7.70. The van der Waals surface area contributed by atoms with Gasteiger partial charge in [0.2, 0.25) is 0 Å². The molecule has 3 heterocycles. The summed E-state index contributed by atoms with van der Waals surface area (Å²) in [5.41, 5.74) is 3.86. The SMILES string of the molecule is Cc1nc2sccn2c1CN(C)CC1CCCN(CCc2ccc(Cl)cc2)C1. The van der Waals surface area contributed by atoms with Crippen molar-refractivity contribution >= 4 is 27.9 Å². The number of benzene rings is 1. The summed E-state index contributed by atoms with van der Waals surface area (Å²) < 4.78 is 2.25. The highest BCUT2D eigenvalue weighted by Crippen LogP contribution is 2.21. The number of thiazole rings is 1. The van der Waals surface area contributed by atoms with Crippen LogP contribution in [-0.2, 0) is 13.0 Å². The summed E-state index contributed by atoms with van der Waals surface area (Å²) in [5, 5.41) is 2.93. The smallest absolute Gasteiger partial charge is 0.194 e. The van der Waals surface area contributed by atoms with Gasteiger partial charge < -0.3 is 9.80 Å². The third kappa shape index (κ3) is 4.77. The van der Waals surface area contributed by atoms with Crippen molar-refractivity contribution in [2.24, 2.45) is 5.92 Å². The van der Waals surface area contributed by atoms with Crippen LogP contribution in [-0.4, -0.2) is 52.4 Å². The molecule has 6 heteroatoms. The molecule has 0 amide bonds. The Morgan fingerprint density at radius 3 is 2.93 bits per heavy atom. The van der Waals surface area contributed by atoms with Crippen LogP contribution in [0.15, 0.2) is 35.8 Å². The lowest BCUT2D eigenvalue weighted by Crippen LogP contribution is -2.40. The van der Waals surface area contributed by atoms with Crippen LogP contribution < -0.4 is 0 Å². The second-order valence-corrected chi connectivity index (χ2v) is 9.39. The molecule has 2 aromatic heterocycles. The molecule has 150 valence electrons. The van der Waals surface area contributed by atoms with Crippen molar-refractivity contribution in [2.75, 3.05) is 33.2 Å². The van der Waals surface area contributed by atoms with E-state index in [1.165, 1.54) is 37.2 Å². The number of aromatic nitrogens is 2. The van der Waals surface area contributed by atoms with E-state index in [0.717, 1.165) is 47.7 Å². The number of likely N-dealkylation sites (tertiary alicyclic amines) is 1. The van der Waals surface area contributed by atoms with Crippen LogP contribution in [0.3, 0.4) is 0 Å². The Bertz CT molecular complexity index is 901. The van der Waals surface area contributed by atoms with Crippen molar-refractivity contribution in [1.82, 2.24) is 19.2 Å². The van der Waals surface area contributed by atoms with Gasteiger partial charge in [-0.2, -0.15) is 0 Å². The molecule has 1 aliphatic rings. The Morgan fingerprint density at radius 1 is 1.29 bits per heavy atom. The van der Waals surface area contributed by atoms with Gasteiger partial charge in [-0.1, -0.05) is 23.7 Å². The number of nitrogens with zero attached hydrogens (tertiary/aromatic N) is 4. The zero-order valence-electron chi connectivity index (χ0n) is 16.8. The molecule has 1 fully saturated rings. The van der Waals surface area contributed by atoms with E-state index >= 15 is 0 Å². The molecular weight excluding hydrogens is 388 g/mol. The highest BCUT2D eigenvalue weighted by Gasteiger charge is 2.22. The van der Waals surface area contributed by atoms with Crippen molar-refractivity contribution < 1.29 is 0 Å². The first-order valence-electron chi connectivity index (χ1n) is 10.1.